The minimum atomic E-state index is -1.12. The largest absolute Gasteiger partial charge is 0.497 e. The number of aromatic carboxylic acids is 1. The normalized spacial score (nSPS) is 10.8. The Morgan fingerprint density at radius 3 is 2.52 bits per heavy atom. The van der Waals surface area contributed by atoms with Crippen molar-refractivity contribution in [3.63, 3.8) is 0 Å². The third-order valence-corrected chi connectivity index (χ3v) is 5.90. The highest BCUT2D eigenvalue weighted by molar-refractivity contribution is 7.17. The van der Waals surface area contributed by atoms with E-state index in [0.29, 0.717) is 17.3 Å². The number of halogens is 1. The molecule has 9 heteroatoms. The Morgan fingerprint density at radius 1 is 1.13 bits per heavy atom. The number of aromatic nitrogens is 2. The van der Waals surface area contributed by atoms with Crippen molar-refractivity contribution in [2.24, 2.45) is 0 Å². The SMILES string of the molecule is COc1ccc(-c2csc3nc(C)nc(Nc4cc(OC)c(C(=O)O)cc4Cl)c23)cc1. The maximum absolute atomic E-state index is 11.4. The van der Waals surface area contributed by atoms with Gasteiger partial charge in [0.25, 0.3) is 0 Å². The van der Waals surface area contributed by atoms with E-state index in [4.69, 9.17) is 21.1 Å². The van der Waals surface area contributed by atoms with Gasteiger partial charge in [0.1, 0.15) is 33.5 Å². The van der Waals surface area contributed by atoms with Gasteiger partial charge in [0, 0.05) is 17.0 Å². The summed E-state index contributed by atoms with van der Waals surface area (Å²) in [5.41, 5.74) is 2.43. The summed E-state index contributed by atoms with van der Waals surface area (Å²) in [4.78, 5) is 21.4. The first-order valence-corrected chi connectivity index (χ1v) is 10.4. The van der Waals surface area contributed by atoms with Crippen LogP contribution in [0.4, 0.5) is 11.5 Å². The molecule has 2 heterocycles. The first-order valence-electron chi connectivity index (χ1n) is 9.19. The Kier molecular flexibility index (Phi) is 5.67. The standard InChI is InChI=1S/C22H18ClN3O4S/c1-11-24-20(26-17-9-18(30-3)14(22(27)28)8-16(17)23)19-15(10-31-21(19)25-11)12-4-6-13(29-2)7-5-12/h4-10H,1-3H3,(H,27,28)(H,24,25,26). The third kappa shape index (κ3) is 3.99. The molecule has 4 rings (SSSR count). The van der Waals surface area contributed by atoms with Gasteiger partial charge in [-0.25, -0.2) is 14.8 Å². The molecule has 7 nitrogen and oxygen atoms in total. The van der Waals surface area contributed by atoms with Crippen molar-refractivity contribution in [2.75, 3.05) is 19.5 Å². The highest BCUT2D eigenvalue weighted by Gasteiger charge is 2.19. The lowest BCUT2D eigenvalue weighted by molar-refractivity contribution is 0.0693. The predicted octanol–water partition coefficient (Wildman–Crippen LogP) is 5.78. The van der Waals surface area contributed by atoms with Crippen LogP contribution in [0.2, 0.25) is 5.02 Å². The van der Waals surface area contributed by atoms with Crippen molar-refractivity contribution < 1.29 is 19.4 Å². The molecule has 0 aliphatic heterocycles. The number of ether oxygens (including phenoxy) is 2. The summed E-state index contributed by atoms with van der Waals surface area (Å²) in [6.45, 7) is 1.81. The van der Waals surface area contributed by atoms with E-state index in [1.54, 1.807) is 13.2 Å². The molecule has 0 saturated carbocycles. The summed E-state index contributed by atoms with van der Waals surface area (Å²) in [6, 6.07) is 10.6. The first-order chi connectivity index (χ1) is 14.9. The van der Waals surface area contributed by atoms with E-state index in [9.17, 15) is 9.90 Å². The first kappa shape index (κ1) is 20.9. The van der Waals surface area contributed by atoms with Crippen LogP contribution in [0.1, 0.15) is 16.2 Å². The molecule has 2 aromatic heterocycles. The number of nitrogens with one attached hydrogen (secondary N) is 1. The molecule has 4 aromatic rings. The van der Waals surface area contributed by atoms with Crippen molar-refractivity contribution in [3.05, 3.63) is 58.2 Å². The van der Waals surface area contributed by atoms with Gasteiger partial charge in [0.2, 0.25) is 0 Å². The van der Waals surface area contributed by atoms with Crippen molar-refractivity contribution in [1.82, 2.24) is 9.97 Å². The number of rotatable bonds is 6. The Balaban J connectivity index is 1.84. The van der Waals surface area contributed by atoms with Gasteiger partial charge < -0.3 is 19.9 Å². The lowest BCUT2D eigenvalue weighted by Crippen LogP contribution is -2.03. The number of fused-ring (bicyclic) bond motifs is 1. The predicted molar refractivity (Wildman–Crippen MR) is 122 cm³/mol. The molecule has 0 aliphatic rings. The number of carboxylic acids is 1. The van der Waals surface area contributed by atoms with Gasteiger partial charge in [-0.15, -0.1) is 11.3 Å². The molecule has 0 bridgehead atoms. The van der Waals surface area contributed by atoms with Crippen LogP contribution < -0.4 is 14.8 Å². The van der Waals surface area contributed by atoms with E-state index < -0.39 is 5.97 Å². The van der Waals surface area contributed by atoms with Gasteiger partial charge in [-0.2, -0.15) is 0 Å². The van der Waals surface area contributed by atoms with Gasteiger partial charge in [-0.3, -0.25) is 0 Å². The van der Waals surface area contributed by atoms with Crippen LogP contribution in [-0.4, -0.2) is 35.3 Å². The summed E-state index contributed by atoms with van der Waals surface area (Å²) in [7, 11) is 3.04. The zero-order valence-electron chi connectivity index (χ0n) is 16.9. The van der Waals surface area contributed by atoms with Gasteiger partial charge in [0.05, 0.1) is 30.3 Å². The number of anilines is 2. The molecule has 0 unspecified atom stereocenters. The number of hydrogen-bond acceptors (Lipinski definition) is 7. The maximum Gasteiger partial charge on any atom is 0.339 e. The van der Waals surface area contributed by atoms with Crippen LogP contribution in [0.3, 0.4) is 0 Å². The molecule has 158 valence electrons. The number of aryl methyl sites for hydroxylation is 1. The van der Waals surface area contributed by atoms with Gasteiger partial charge >= 0.3 is 5.97 Å². The minimum Gasteiger partial charge on any atom is -0.497 e. The molecule has 0 aliphatic carbocycles. The molecule has 0 spiro atoms. The molecule has 0 radical (unpaired) electrons. The van der Waals surface area contributed by atoms with E-state index in [2.05, 4.69) is 15.3 Å². The molecular weight excluding hydrogens is 438 g/mol. The van der Waals surface area contributed by atoms with Crippen molar-refractivity contribution in [1.29, 1.82) is 0 Å². The zero-order chi connectivity index (χ0) is 22.1. The number of nitrogens with zero attached hydrogens (tertiary/aromatic N) is 2. The summed E-state index contributed by atoms with van der Waals surface area (Å²) in [6.07, 6.45) is 0. The van der Waals surface area contributed by atoms with Gasteiger partial charge in [-0.1, -0.05) is 23.7 Å². The van der Waals surface area contributed by atoms with Gasteiger partial charge in [-0.05, 0) is 30.7 Å². The summed E-state index contributed by atoms with van der Waals surface area (Å²) < 4.78 is 10.5. The molecule has 31 heavy (non-hydrogen) atoms. The average molecular weight is 456 g/mol. The van der Waals surface area contributed by atoms with E-state index >= 15 is 0 Å². The highest BCUT2D eigenvalue weighted by Crippen LogP contribution is 2.40. The molecule has 0 saturated heterocycles. The number of methoxy groups -OCH3 is 2. The molecule has 0 amide bonds. The van der Waals surface area contributed by atoms with Crippen molar-refractivity contribution in [2.45, 2.75) is 6.92 Å². The maximum atomic E-state index is 11.4. The summed E-state index contributed by atoms with van der Waals surface area (Å²) in [5, 5.41) is 15.7. The quantitative estimate of drug-likeness (QED) is 0.380. The van der Waals surface area contributed by atoms with Crippen molar-refractivity contribution >= 4 is 50.6 Å². The van der Waals surface area contributed by atoms with E-state index in [1.807, 2.05) is 36.6 Å². The average Bonchev–Trinajstić information content (AvgIpc) is 3.18. The fourth-order valence-corrected chi connectivity index (χ4v) is 4.44. The topological polar surface area (TPSA) is 93.6 Å². The van der Waals surface area contributed by atoms with Crippen molar-refractivity contribution in [3.8, 4) is 22.6 Å². The second-order valence-corrected chi connectivity index (χ2v) is 7.91. The Labute approximate surface area is 187 Å². The van der Waals surface area contributed by atoms with Crippen LogP contribution >= 0.6 is 22.9 Å². The van der Waals surface area contributed by atoms with Crippen LogP contribution in [0.5, 0.6) is 11.5 Å². The Hall–Kier alpha value is -3.36. The van der Waals surface area contributed by atoms with E-state index in [0.717, 1.165) is 27.1 Å². The van der Waals surface area contributed by atoms with Crippen LogP contribution in [-0.2, 0) is 0 Å². The third-order valence-electron chi connectivity index (χ3n) is 4.72. The van der Waals surface area contributed by atoms with Crippen LogP contribution in [0.15, 0.2) is 41.8 Å². The molecule has 0 fully saturated rings. The van der Waals surface area contributed by atoms with Crippen LogP contribution in [0, 0.1) is 6.92 Å². The number of hydrogen-bond donors (Lipinski definition) is 2. The Bertz CT molecular complexity index is 1290. The lowest BCUT2D eigenvalue weighted by Gasteiger charge is -2.14. The number of benzene rings is 2. The zero-order valence-corrected chi connectivity index (χ0v) is 18.5. The second kappa shape index (κ2) is 8.41. The number of carboxylic acid groups (broad SMARTS) is 1. The Morgan fingerprint density at radius 2 is 1.87 bits per heavy atom. The number of thiophene rings is 1. The fourth-order valence-electron chi connectivity index (χ4n) is 3.23. The summed E-state index contributed by atoms with van der Waals surface area (Å²) in [5.74, 6) is 1.02. The minimum absolute atomic E-state index is 0.0171. The van der Waals surface area contributed by atoms with Crippen LogP contribution in [0.25, 0.3) is 21.3 Å². The summed E-state index contributed by atoms with van der Waals surface area (Å²) >= 11 is 7.89. The molecule has 2 N–H and O–H groups in total. The smallest absolute Gasteiger partial charge is 0.339 e. The van der Waals surface area contributed by atoms with E-state index in [1.165, 1.54) is 24.5 Å². The van der Waals surface area contributed by atoms with E-state index in [-0.39, 0.29) is 16.3 Å². The fraction of sp³-hybridized carbons (Fsp3) is 0.136. The second-order valence-electron chi connectivity index (χ2n) is 6.64. The number of carbonyl (C=O) groups is 1. The highest BCUT2D eigenvalue weighted by atomic mass is 35.5. The van der Waals surface area contributed by atoms with Gasteiger partial charge in [0.15, 0.2) is 0 Å². The molecule has 0 atom stereocenters. The molecular formula is C22H18ClN3O4S. The monoisotopic (exact) mass is 455 g/mol. The lowest BCUT2D eigenvalue weighted by atomic mass is 10.1. The molecule has 2 aromatic carbocycles.